The molecule has 2 unspecified atom stereocenters. The summed E-state index contributed by atoms with van der Waals surface area (Å²) in [6, 6.07) is 0. The number of hydrogen-bond acceptors (Lipinski definition) is 1. The number of rotatable bonds is 13. The molecule has 0 aromatic rings. The Morgan fingerprint density at radius 3 is 2.10 bits per heavy atom. The van der Waals surface area contributed by atoms with Gasteiger partial charge in [0, 0.05) is 0 Å². The summed E-state index contributed by atoms with van der Waals surface area (Å²) in [4.78, 5) is 11.7. The molecule has 0 spiro atoms. The standard InChI is InChI=1S/C18H36O2/c1-5-8-10-11-12-14-18(4,17(19)20)15-16(7-3)13-9-6-2/h16H,5-15H2,1-4H3,(H,19,20). The lowest BCUT2D eigenvalue weighted by Gasteiger charge is -2.29. The maximum Gasteiger partial charge on any atom is 0.309 e. The lowest BCUT2D eigenvalue weighted by atomic mass is 9.75. The van der Waals surface area contributed by atoms with Gasteiger partial charge in [0.2, 0.25) is 0 Å². The topological polar surface area (TPSA) is 37.3 Å². The third-order valence-corrected chi connectivity index (χ3v) is 4.63. The Hall–Kier alpha value is -0.530. The highest BCUT2D eigenvalue weighted by atomic mass is 16.4. The molecule has 0 aliphatic rings. The van der Waals surface area contributed by atoms with Gasteiger partial charge in [0.25, 0.3) is 0 Å². The van der Waals surface area contributed by atoms with Crippen molar-refractivity contribution in [3.8, 4) is 0 Å². The van der Waals surface area contributed by atoms with Crippen molar-refractivity contribution in [1.82, 2.24) is 0 Å². The van der Waals surface area contributed by atoms with E-state index in [0.717, 1.165) is 25.7 Å². The minimum atomic E-state index is -0.595. The largest absolute Gasteiger partial charge is 0.481 e. The van der Waals surface area contributed by atoms with E-state index in [1.807, 2.05) is 6.92 Å². The van der Waals surface area contributed by atoms with Crippen LogP contribution in [0.1, 0.15) is 98.3 Å². The van der Waals surface area contributed by atoms with Crippen molar-refractivity contribution in [2.75, 3.05) is 0 Å². The number of hydrogen-bond donors (Lipinski definition) is 1. The molecular weight excluding hydrogens is 248 g/mol. The summed E-state index contributed by atoms with van der Waals surface area (Å²) >= 11 is 0. The van der Waals surface area contributed by atoms with Crippen LogP contribution in [0.5, 0.6) is 0 Å². The highest BCUT2D eigenvalue weighted by molar-refractivity contribution is 5.74. The molecule has 0 radical (unpaired) electrons. The lowest BCUT2D eigenvalue weighted by Crippen LogP contribution is -2.30. The SMILES string of the molecule is CCCCCCCC(C)(CC(CC)CCCC)C(=O)O. The third-order valence-electron chi connectivity index (χ3n) is 4.63. The monoisotopic (exact) mass is 284 g/mol. The maximum atomic E-state index is 11.7. The van der Waals surface area contributed by atoms with Gasteiger partial charge in [-0.2, -0.15) is 0 Å². The number of carboxylic acid groups (broad SMARTS) is 1. The quantitative estimate of drug-likeness (QED) is 0.418. The molecule has 0 amide bonds. The second-order valence-corrected chi connectivity index (χ2v) is 6.65. The van der Waals surface area contributed by atoms with Crippen molar-refractivity contribution >= 4 is 5.97 Å². The van der Waals surface area contributed by atoms with E-state index >= 15 is 0 Å². The zero-order valence-corrected chi connectivity index (χ0v) is 14.2. The second-order valence-electron chi connectivity index (χ2n) is 6.65. The number of aliphatic carboxylic acids is 1. The van der Waals surface area contributed by atoms with Crippen molar-refractivity contribution in [2.45, 2.75) is 98.3 Å². The molecule has 0 bridgehead atoms. The van der Waals surface area contributed by atoms with Crippen LogP contribution in [-0.2, 0) is 4.79 Å². The zero-order chi connectivity index (χ0) is 15.4. The molecule has 0 saturated carbocycles. The molecule has 0 saturated heterocycles. The minimum Gasteiger partial charge on any atom is -0.481 e. The van der Waals surface area contributed by atoms with Crippen LogP contribution in [0.25, 0.3) is 0 Å². The Morgan fingerprint density at radius 1 is 1.00 bits per heavy atom. The van der Waals surface area contributed by atoms with Crippen LogP contribution in [0.3, 0.4) is 0 Å². The molecule has 1 N–H and O–H groups in total. The van der Waals surface area contributed by atoms with Crippen LogP contribution < -0.4 is 0 Å². The van der Waals surface area contributed by atoms with E-state index in [4.69, 9.17) is 0 Å². The first kappa shape index (κ1) is 19.5. The van der Waals surface area contributed by atoms with Gasteiger partial charge >= 0.3 is 5.97 Å². The summed E-state index contributed by atoms with van der Waals surface area (Å²) in [5, 5.41) is 9.61. The third kappa shape index (κ3) is 7.91. The van der Waals surface area contributed by atoms with Crippen molar-refractivity contribution in [3.63, 3.8) is 0 Å². The summed E-state index contributed by atoms with van der Waals surface area (Å²) < 4.78 is 0. The first-order chi connectivity index (χ1) is 9.50. The normalized spacial score (nSPS) is 15.8. The molecule has 0 aliphatic carbocycles. The molecule has 0 aromatic heterocycles. The van der Waals surface area contributed by atoms with Crippen LogP contribution in [-0.4, -0.2) is 11.1 Å². The fourth-order valence-electron chi connectivity index (χ4n) is 3.00. The molecule has 0 aromatic carbocycles. The van der Waals surface area contributed by atoms with Gasteiger partial charge in [-0.3, -0.25) is 4.79 Å². The second kappa shape index (κ2) is 11.2. The summed E-state index contributed by atoms with van der Waals surface area (Å²) in [5.41, 5.74) is -0.513. The molecular formula is C18H36O2. The molecule has 0 heterocycles. The molecule has 0 rings (SSSR count). The summed E-state index contributed by atoms with van der Waals surface area (Å²) in [6.07, 6.45) is 12.4. The van der Waals surface area contributed by atoms with Gasteiger partial charge < -0.3 is 5.11 Å². The van der Waals surface area contributed by atoms with Gasteiger partial charge in [0.15, 0.2) is 0 Å². The van der Waals surface area contributed by atoms with E-state index < -0.39 is 11.4 Å². The number of carboxylic acids is 1. The smallest absolute Gasteiger partial charge is 0.309 e. The van der Waals surface area contributed by atoms with Crippen LogP contribution in [0.2, 0.25) is 0 Å². The molecule has 0 fully saturated rings. The maximum absolute atomic E-state index is 11.7. The van der Waals surface area contributed by atoms with Gasteiger partial charge in [-0.15, -0.1) is 0 Å². The van der Waals surface area contributed by atoms with E-state index in [0.29, 0.717) is 5.92 Å². The molecule has 2 nitrogen and oxygen atoms in total. The van der Waals surface area contributed by atoms with E-state index in [1.54, 1.807) is 0 Å². The van der Waals surface area contributed by atoms with E-state index in [9.17, 15) is 9.90 Å². The van der Waals surface area contributed by atoms with Gasteiger partial charge in [-0.25, -0.2) is 0 Å². The summed E-state index contributed by atoms with van der Waals surface area (Å²) in [6.45, 7) is 8.57. The van der Waals surface area contributed by atoms with Crippen molar-refractivity contribution in [2.24, 2.45) is 11.3 Å². The first-order valence-electron chi connectivity index (χ1n) is 8.73. The van der Waals surface area contributed by atoms with Gasteiger partial charge in [-0.1, -0.05) is 78.6 Å². The van der Waals surface area contributed by atoms with Crippen molar-refractivity contribution in [3.05, 3.63) is 0 Å². The highest BCUT2D eigenvalue weighted by Crippen LogP contribution is 2.35. The van der Waals surface area contributed by atoms with Crippen LogP contribution in [0.4, 0.5) is 0 Å². The highest BCUT2D eigenvalue weighted by Gasteiger charge is 2.34. The average molecular weight is 284 g/mol. The van der Waals surface area contributed by atoms with Crippen LogP contribution >= 0.6 is 0 Å². The fraction of sp³-hybridized carbons (Fsp3) is 0.944. The Morgan fingerprint density at radius 2 is 1.60 bits per heavy atom. The Kier molecular flexibility index (Phi) is 10.9. The lowest BCUT2D eigenvalue weighted by molar-refractivity contribution is -0.149. The predicted octanol–water partition coefficient (Wildman–Crippen LogP) is 6.04. The first-order valence-corrected chi connectivity index (χ1v) is 8.73. The van der Waals surface area contributed by atoms with Crippen molar-refractivity contribution in [1.29, 1.82) is 0 Å². The molecule has 0 aliphatic heterocycles. The molecule has 20 heavy (non-hydrogen) atoms. The van der Waals surface area contributed by atoms with E-state index in [-0.39, 0.29) is 0 Å². The van der Waals surface area contributed by atoms with Gasteiger partial charge in [0.05, 0.1) is 5.41 Å². The van der Waals surface area contributed by atoms with E-state index in [1.165, 1.54) is 44.9 Å². The van der Waals surface area contributed by atoms with Gasteiger partial charge in [0.1, 0.15) is 0 Å². The zero-order valence-electron chi connectivity index (χ0n) is 14.2. The Labute approximate surface area is 126 Å². The average Bonchev–Trinajstić information content (AvgIpc) is 2.43. The van der Waals surface area contributed by atoms with E-state index in [2.05, 4.69) is 20.8 Å². The Bertz CT molecular complexity index is 250. The van der Waals surface area contributed by atoms with Crippen LogP contribution in [0.15, 0.2) is 0 Å². The fourth-order valence-corrected chi connectivity index (χ4v) is 3.00. The van der Waals surface area contributed by atoms with Crippen molar-refractivity contribution < 1.29 is 9.90 Å². The van der Waals surface area contributed by atoms with Gasteiger partial charge in [-0.05, 0) is 25.7 Å². The molecule has 2 heteroatoms. The molecule has 2 atom stereocenters. The summed E-state index contributed by atoms with van der Waals surface area (Å²) in [5.74, 6) is -0.0189. The molecule has 120 valence electrons. The Balaban J connectivity index is 4.31. The van der Waals surface area contributed by atoms with Crippen LogP contribution in [0, 0.1) is 11.3 Å². The predicted molar refractivity (Wildman–Crippen MR) is 87.0 cm³/mol. The number of unbranched alkanes of at least 4 members (excludes halogenated alkanes) is 5. The number of carbonyl (C=O) groups is 1. The summed E-state index contributed by atoms with van der Waals surface area (Å²) in [7, 11) is 0. The minimum absolute atomic E-state index is 0.513.